The molecule has 1 aromatic carbocycles. The summed E-state index contributed by atoms with van der Waals surface area (Å²) in [5.74, 6) is 0.260. The lowest BCUT2D eigenvalue weighted by Crippen LogP contribution is -2.40. The van der Waals surface area contributed by atoms with Crippen molar-refractivity contribution in [3.8, 4) is 10.6 Å². The first kappa shape index (κ1) is 15.2. The van der Waals surface area contributed by atoms with E-state index < -0.39 is 0 Å². The van der Waals surface area contributed by atoms with Crippen LogP contribution in [0.5, 0.6) is 0 Å². The minimum absolute atomic E-state index is 0.0493. The summed E-state index contributed by atoms with van der Waals surface area (Å²) in [6.45, 7) is 3.55. The van der Waals surface area contributed by atoms with Gasteiger partial charge in [0, 0.05) is 41.9 Å². The molecule has 5 heteroatoms. The van der Waals surface area contributed by atoms with Gasteiger partial charge in [0.15, 0.2) is 0 Å². The summed E-state index contributed by atoms with van der Waals surface area (Å²) < 4.78 is 0. The third-order valence-corrected chi connectivity index (χ3v) is 5.05. The standard InChI is InChI=1S/C17H20N2O2S/c1-12-11-22-16(18-12)14-5-2-6-15(8-14)17(21)19-7-3-4-13(9-19)10-20/h2,5-6,8,11,13,20H,3-4,7,9-10H2,1H3. The Bertz CT molecular complexity index is 668. The minimum atomic E-state index is 0.0493. The van der Waals surface area contributed by atoms with E-state index in [1.165, 1.54) is 0 Å². The second kappa shape index (κ2) is 6.58. The number of aryl methyl sites for hydroxylation is 1. The van der Waals surface area contributed by atoms with Crippen LogP contribution in [0.3, 0.4) is 0 Å². The van der Waals surface area contributed by atoms with Crippen LogP contribution in [0.4, 0.5) is 0 Å². The van der Waals surface area contributed by atoms with Gasteiger partial charge < -0.3 is 10.0 Å². The van der Waals surface area contributed by atoms with Gasteiger partial charge in [-0.3, -0.25) is 4.79 Å². The van der Waals surface area contributed by atoms with E-state index in [1.807, 2.05) is 41.5 Å². The van der Waals surface area contributed by atoms with E-state index in [4.69, 9.17) is 0 Å². The maximum Gasteiger partial charge on any atom is 0.253 e. The van der Waals surface area contributed by atoms with Crippen LogP contribution in [0, 0.1) is 12.8 Å². The summed E-state index contributed by atoms with van der Waals surface area (Å²) in [5, 5.41) is 12.3. The lowest BCUT2D eigenvalue weighted by Gasteiger charge is -2.32. The van der Waals surface area contributed by atoms with Crippen molar-refractivity contribution in [3.05, 3.63) is 40.9 Å². The van der Waals surface area contributed by atoms with Gasteiger partial charge in [0.1, 0.15) is 5.01 Å². The highest BCUT2D eigenvalue weighted by Crippen LogP contribution is 2.25. The molecule has 0 radical (unpaired) electrons. The number of benzene rings is 1. The fourth-order valence-electron chi connectivity index (χ4n) is 2.85. The Kier molecular flexibility index (Phi) is 4.55. The molecular weight excluding hydrogens is 296 g/mol. The molecule has 4 nitrogen and oxygen atoms in total. The zero-order valence-electron chi connectivity index (χ0n) is 12.7. The van der Waals surface area contributed by atoms with Crippen molar-refractivity contribution < 1.29 is 9.90 Å². The largest absolute Gasteiger partial charge is 0.396 e. The molecule has 1 aromatic heterocycles. The first-order chi connectivity index (χ1) is 10.7. The number of likely N-dealkylation sites (tertiary alicyclic amines) is 1. The van der Waals surface area contributed by atoms with E-state index in [0.717, 1.165) is 35.7 Å². The summed E-state index contributed by atoms with van der Waals surface area (Å²) in [6.07, 6.45) is 1.96. The Morgan fingerprint density at radius 3 is 3.09 bits per heavy atom. The molecular formula is C17H20N2O2S. The summed E-state index contributed by atoms with van der Waals surface area (Å²) in [4.78, 5) is 19.0. The SMILES string of the molecule is Cc1csc(-c2cccc(C(=O)N3CCCC(CO)C3)c2)n1. The monoisotopic (exact) mass is 316 g/mol. The molecule has 2 heterocycles. The second-order valence-corrected chi connectivity index (χ2v) is 6.67. The molecule has 1 fully saturated rings. The van der Waals surface area contributed by atoms with Gasteiger partial charge in [-0.2, -0.15) is 0 Å². The Morgan fingerprint density at radius 2 is 2.36 bits per heavy atom. The molecule has 1 aliphatic rings. The maximum absolute atomic E-state index is 12.7. The quantitative estimate of drug-likeness (QED) is 0.947. The first-order valence-corrected chi connectivity index (χ1v) is 8.48. The van der Waals surface area contributed by atoms with Crippen molar-refractivity contribution in [2.75, 3.05) is 19.7 Å². The summed E-state index contributed by atoms with van der Waals surface area (Å²) in [6, 6.07) is 7.67. The van der Waals surface area contributed by atoms with Crippen molar-refractivity contribution in [1.29, 1.82) is 0 Å². The Morgan fingerprint density at radius 1 is 1.50 bits per heavy atom. The maximum atomic E-state index is 12.7. The second-order valence-electron chi connectivity index (χ2n) is 5.82. The third-order valence-electron chi connectivity index (χ3n) is 4.04. The van der Waals surface area contributed by atoms with Gasteiger partial charge in [0.25, 0.3) is 5.91 Å². The van der Waals surface area contributed by atoms with E-state index in [-0.39, 0.29) is 18.4 Å². The molecule has 116 valence electrons. The molecule has 0 saturated carbocycles. The smallest absolute Gasteiger partial charge is 0.253 e. The van der Waals surface area contributed by atoms with Crippen molar-refractivity contribution in [2.45, 2.75) is 19.8 Å². The van der Waals surface area contributed by atoms with E-state index in [1.54, 1.807) is 11.3 Å². The molecule has 1 saturated heterocycles. The summed E-state index contributed by atoms with van der Waals surface area (Å²) >= 11 is 1.59. The average Bonchev–Trinajstić information content (AvgIpc) is 3.01. The number of nitrogens with zero attached hydrogens (tertiary/aromatic N) is 2. The number of aromatic nitrogens is 1. The van der Waals surface area contributed by atoms with Gasteiger partial charge in [-0.25, -0.2) is 4.98 Å². The number of carbonyl (C=O) groups excluding carboxylic acids is 1. The van der Waals surface area contributed by atoms with Crippen LogP contribution >= 0.6 is 11.3 Å². The molecule has 2 aromatic rings. The van der Waals surface area contributed by atoms with E-state index in [9.17, 15) is 9.90 Å². The van der Waals surface area contributed by atoms with E-state index in [0.29, 0.717) is 12.1 Å². The Labute approximate surface area is 134 Å². The summed E-state index contributed by atoms with van der Waals surface area (Å²) in [5.41, 5.74) is 2.68. The molecule has 1 unspecified atom stereocenters. The first-order valence-electron chi connectivity index (χ1n) is 7.60. The van der Waals surface area contributed by atoms with Gasteiger partial charge >= 0.3 is 0 Å². The highest BCUT2D eigenvalue weighted by molar-refractivity contribution is 7.13. The topological polar surface area (TPSA) is 53.4 Å². The van der Waals surface area contributed by atoms with Crippen LogP contribution < -0.4 is 0 Å². The average molecular weight is 316 g/mol. The van der Waals surface area contributed by atoms with E-state index in [2.05, 4.69) is 4.98 Å². The molecule has 0 aliphatic carbocycles. The lowest BCUT2D eigenvalue weighted by atomic mass is 9.98. The number of rotatable bonds is 3. The minimum Gasteiger partial charge on any atom is -0.396 e. The number of aliphatic hydroxyl groups is 1. The number of piperidine rings is 1. The number of thiazole rings is 1. The Hall–Kier alpha value is -1.72. The molecule has 1 amide bonds. The molecule has 1 aliphatic heterocycles. The van der Waals surface area contributed by atoms with E-state index >= 15 is 0 Å². The van der Waals surface area contributed by atoms with Crippen molar-refractivity contribution >= 4 is 17.2 Å². The van der Waals surface area contributed by atoms with Crippen LogP contribution in [-0.4, -0.2) is 40.6 Å². The molecule has 1 atom stereocenters. The number of aliphatic hydroxyl groups excluding tert-OH is 1. The summed E-state index contributed by atoms with van der Waals surface area (Å²) in [7, 11) is 0. The zero-order chi connectivity index (χ0) is 15.5. The number of carbonyl (C=O) groups is 1. The van der Waals surface area contributed by atoms with Gasteiger partial charge in [-0.1, -0.05) is 12.1 Å². The number of amides is 1. The van der Waals surface area contributed by atoms with Crippen LogP contribution in [0.1, 0.15) is 28.9 Å². The number of hydrogen-bond donors (Lipinski definition) is 1. The molecule has 1 N–H and O–H groups in total. The van der Waals surface area contributed by atoms with Gasteiger partial charge in [-0.15, -0.1) is 11.3 Å². The van der Waals surface area contributed by atoms with Crippen LogP contribution in [0.15, 0.2) is 29.6 Å². The predicted molar refractivity (Wildman–Crippen MR) is 88.0 cm³/mol. The predicted octanol–water partition coefficient (Wildman–Crippen LogP) is 2.96. The van der Waals surface area contributed by atoms with Crippen LogP contribution in [-0.2, 0) is 0 Å². The van der Waals surface area contributed by atoms with Gasteiger partial charge in [0.05, 0.1) is 0 Å². The van der Waals surface area contributed by atoms with Gasteiger partial charge in [-0.05, 0) is 37.8 Å². The van der Waals surface area contributed by atoms with Crippen molar-refractivity contribution in [2.24, 2.45) is 5.92 Å². The zero-order valence-corrected chi connectivity index (χ0v) is 13.5. The number of hydrogen-bond acceptors (Lipinski definition) is 4. The highest BCUT2D eigenvalue weighted by atomic mass is 32.1. The molecule has 3 rings (SSSR count). The fraction of sp³-hybridized carbons (Fsp3) is 0.412. The van der Waals surface area contributed by atoms with Crippen LogP contribution in [0.25, 0.3) is 10.6 Å². The van der Waals surface area contributed by atoms with Crippen molar-refractivity contribution in [1.82, 2.24) is 9.88 Å². The molecule has 0 bridgehead atoms. The van der Waals surface area contributed by atoms with Crippen molar-refractivity contribution in [3.63, 3.8) is 0 Å². The van der Waals surface area contributed by atoms with Gasteiger partial charge in [0.2, 0.25) is 0 Å². The normalized spacial score (nSPS) is 18.5. The third kappa shape index (κ3) is 3.20. The fourth-order valence-corrected chi connectivity index (χ4v) is 3.65. The Balaban J connectivity index is 1.81. The lowest BCUT2D eigenvalue weighted by molar-refractivity contribution is 0.0621. The van der Waals surface area contributed by atoms with Crippen LogP contribution in [0.2, 0.25) is 0 Å². The molecule has 22 heavy (non-hydrogen) atoms. The highest BCUT2D eigenvalue weighted by Gasteiger charge is 2.24. The molecule has 0 spiro atoms.